The first kappa shape index (κ1) is 19.3. The minimum absolute atomic E-state index is 0.0286. The van der Waals surface area contributed by atoms with Crippen LogP contribution in [0.25, 0.3) is 0 Å². The lowest BCUT2D eigenvalue weighted by Crippen LogP contribution is -2.39. The van der Waals surface area contributed by atoms with Crippen LogP contribution in [0, 0.1) is 0 Å². The van der Waals surface area contributed by atoms with E-state index in [0.717, 1.165) is 50.4 Å². The van der Waals surface area contributed by atoms with Crippen LogP contribution >= 0.6 is 0 Å². The number of benzene rings is 2. The van der Waals surface area contributed by atoms with Gasteiger partial charge in [-0.15, -0.1) is 0 Å². The Morgan fingerprint density at radius 2 is 1.47 bits per heavy atom. The average molecular weight is 404 g/mol. The zero-order valence-electron chi connectivity index (χ0n) is 17.5. The van der Waals surface area contributed by atoms with Crippen LogP contribution in [0.5, 0.6) is 0 Å². The van der Waals surface area contributed by atoms with Gasteiger partial charge in [0.25, 0.3) is 0 Å². The Kier molecular flexibility index (Phi) is 5.30. The molecule has 0 saturated carbocycles. The molecule has 1 N–H and O–H groups in total. The fourth-order valence-corrected chi connectivity index (χ4v) is 4.88. The van der Waals surface area contributed by atoms with Gasteiger partial charge in [-0.1, -0.05) is 30.7 Å². The van der Waals surface area contributed by atoms with Crippen molar-refractivity contribution in [3.8, 4) is 0 Å². The molecule has 2 saturated heterocycles. The van der Waals surface area contributed by atoms with E-state index in [9.17, 15) is 9.59 Å². The molecule has 5 heteroatoms. The number of ketones is 2. The summed E-state index contributed by atoms with van der Waals surface area (Å²) in [6.07, 6.45) is 6.11. The minimum Gasteiger partial charge on any atom is -0.384 e. The van der Waals surface area contributed by atoms with E-state index in [1.807, 2.05) is 24.3 Å². The fourth-order valence-electron chi connectivity index (χ4n) is 4.88. The highest BCUT2D eigenvalue weighted by Gasteiger charge is 2.35. The SMILES string of the molecule is O=C1c2ccccc2C(=O)c2c(N3CCC3)ccc(NCCCN3CCCCC3)c21. The average Bonchev–Trinajstić information content (AvgIpc) is 2.75. The highest BCUT2D eigenvalue weighted by molar-refractivity contribution is 6.32. The van der Waals surface area contributed by atoms with Crippen molar-refractivity contribution in [2.24, 2.45) is 0 Å². The zero-order valence-corrected chi connectivity index (χ0v) is 17.5. The van der Waals surface area contributed by atoms with E-state index in [1.54, 1.807) is 12.1 Å². The lowest BCUT2D eigenvalue weighted by molar-refractivity contribution is 0.0980. The van der Waals surface area contributed by atoms with E-state index in [-0.39, 0.29) is 11.6 Å². The first-order chi connectivity index (χ1) is 14.7. The van der Waals surface area contributed by atoms with Crippen LogP contribution in [0.3, 0.4) is 0 Å². The maximum absolute atomic E-state index is 13.4. The van der Waals surface area contributed by atoms with Crippen molar-refractivity contribution in [2.45, 2.75) is 32.1 Å². The largest absolute Gasteiger partial charge is 0.384 e. The van der Waals surface area contributed by atoms with Gasteiger partial charge in [-0.05, 0) is 57.5 Å². The molecule has 0 unspecified atom stereocenters. The second-order valence-electron chi connectivity index (χ2n) is 8.61. The van der Waals surface area contributed by atoms with Gasteiger partial charge in [0, 0.05) is 42.1 Å². The monoisotopic (exact) mass is 403 g/mol. The molecular formula is C25H29N3O2. The Balaban J connectivity index is 1.41. The van der Waals surface area contributed by atoms with Crippen molar-refractivity contribution in [1.29, 1.82) is 0 Å². The summed E-state index contributed by atoms with van der Waals surface area (Å²) in [6.45, 7) is 6.16. The smallest absolute Gasteiger partial charge is 0.196 e. The summed E-state index contributed by atoms with van der Waals surface area (Å²) in [6, 6.07) is 11.2. The van der Waals surface area contributed by atoms with E-state index in [1.165, 1.54) is 32.4 Å². The molecule has 30 heavy (non-hydrogen) atoms. The van der Waals surface area contributed by atoms with E-state index in [2.05, 4.69) is 15.1 Å². The van der Waals surface area contributed by atoms with Crippen LogP contribution in [0.1, 0.15) is 63.9 Å². The van der Waals surface area contributed by atoms with Crippen LogP contribution in [0.15, 0.2) is 36.4 Å². The van der Waals surface area contributed by atoms with E-state index >= 15 is 0 Å². The van der Waals surface area contributed by atoms with Gasteiger partial charge in [-0.25, -0.2) is 0 Å². The molecule has 2 fully saturated rings. The third-order valence-electron chi connectivity index (χ3n) is 6.67. The lowest BCUT2D eigenvalue weighted by atomic mass is 9.81. The summed E-state index contributed by atoms with van der Waals surface area (Å²) >= 11 is 0. The standard InChI is InChI=1S/C25H29N3O2/c29-24-18-8-2-3-9-19(18)25(30)23-21(28-16-7-17-28)11-10-20(22(23)24)26-12-6-15-27-13-4-1-5-14-27/h2-3,8-11,26H,1,4-7,12-17H2. The molecule has 0 amide bonds. The number of carbonyl (C=O) groups is 2. The third kappa shape index (κ3) is 3.41. The van der Waals surface area contributed by atoms with Gasteiger partial charge in [-0.3, -0.25) is 9.59 Å². The molecule has 2 aromatic rings. The number of hydrogen-bond donors (Lipinski definition) is 1. The summed E-state index contributed by atoms with van der Waals surface area (Å²) in [5, 5.41) is 3.48. The van der Waals surface area contributed by atoms with E-state index in [0.29, 0.717) is 22.3 Å². The van der Waals surface area contributed by atoms with Gasteiger partial charge in [-0.2, -0.15) is 0 Å². The number of nitrogens with zero attached hydrogens (tertiary/aromatic N) is 2. The third-order valence-corrected chi connectivity index (χ3v) is 6.67. The van der Waals surface area contributed by atoms with Crippen LogP contribution in [-0.2, 0) is 0 Å². The Morgan fingerprint density at radius 3 is 2.13 bits per heavy atom. The summed E-state index contributed by atoms with van der Waals surface area (Å²) in [5.41, 5.74) is 3.88. The Bertz CT molecular complexity index is 974. The molecule has 156 valence electrons. The molecule has 2 heterocycles. The summed E-state index contributed by atoms with van der Waals surface area (Å²) in [4.78, 5) is 31.5. The van der Waals surface area contributed by atoms with Crippen molar-refractivity contribution in [3.05, 3.63) is 58.7 Å². The number of piperidine rings is 1. The summed E-state index contributed by atoms with van der Waals surface area (Å²) in [7, 11) is 0. The van der Waals surface area contributed by atoms with Gasteiger partial charge in [0.05, 0.1) is 11.1 Å². The molecule has 0 aromatic heterocycles. The quantitative estimate of drug-likeness (QED) is 0.632. The summed E-state index contributed by atoms with van der Waals surface area (Å²) < 4.78 is 0. The van der Waals surface area contributed by atoms with Crippen molar-refractivity contribution < 1.29 is 9.59 Å². The van der Waals surface area contributed by atoms with Crippen molar-refractivity contribution in [3.63, 3.8) is 0 Å². The predicted octanol–water partition coefficient (Wildman–Crippen LogP) is 3.96. The number of rotatable bonds is 6. The van der Waals surface area contributed by atoms with Gasteiger partial charge in [0.2, 0.25) is 0 Å². The van der Waals surface area contributed by atoms with Crippen molar-refractivity contribution >= 4 is 22.9 Å². The first-order valence-electron chi connectivity index (χ1n) is 11.3. The van der Waals surface area contributed by atoms with Gasteiger partial charge >= 0.3 is 0 Å². The van der Waals surface area contributed by atoms with Gasteiger partial charge in [0.15, 0.2) is 11.6 Å². The molecular weight excluding hydrogens is 374 g/mol. The topological polar surface area (TPSA) is 52.7 Å². The predicted molar refractivity (Wildman–Crippen MR) is 120 cm³/mol. The van der Waals surface area contributed by atoms with Crippen LogP contribution in [0.4, 0.5) is 11.4 Å². The molecule has 3 aliphatic rings. The molecule has 0 atom stereocenters. The number of carbonyl (C=O) groups excluding carboxylic acids is 2. The number of nitrogens with one attached hydrogen (secondary N) is 1. The maximum Gasteiger partial charge on any atom is 0.196 e. The molecule has 5 nitrogen and oxygen atoms in total. The summed E-state index contributed by atoms with van der Waals surface area (Å²) in [5.74, 6) is -0.0693. The number of fused-ring (bicyclic) bond motifs is 2. The molecule has 0 radical (unpaired) electrons. The number of hydrogen-bond acceptors (Lipinski definition) is 5. The first-order valence-corrected chi connectivity index (χ1v) is 11.3. The second-order valence-corrected chi connectivity index (χ2v) is 8.61. The fraction of sp³-hybridized carbons (Fsp3) is 0.440. The number of anilines is 2. The van der Waals surface area contributed by atoms with Crippen molar-refractivity contribution in [1.82, 2.24) is 4.90 Å². The van der Waals surface area contributed by atoms with Gasteiger partial charge < -0.3 is 15.1 Å². The normalized spacial score (nSPS) is 18.6. The van der Waals surface area contributed by atoms with Crippen LogP contribution in [-0.4, -0.2) is 55.7 Å². The maximum atomic E-state index is 13.4. The van der Waals surface area contributed by atoms with Gasteiger partial charge in [0.1, 0.15) is 0 Å². The number of likely N-dealkylation sites (tertiary alicyclic amines) is 1. The Morgan fingerprint density at radius 1 is 0.767 bits per heavy atom. The van der Waals surface area contributed by atoms with Crippen molar-refractivity contribution in [2.75, 3.05) is 49.5 Å². The minimum atomic E-state index is -0.0406. The van der Waals surface area contributed by atoms with E-state index < -0.39 is 0 Å². The highest BCUT2D eigenvalue weighted by Crippen LogP contribution is 2.39. The highest BCUT2D eigenvalue weighted by atomic mass is 16.1. The van der Waals surface area contributed by atoms with Crippen LogP contribution < -0.4 is 10.2 Å². The Labute approximate surface area is 178 Å². The lowest BCUT2D eigenvalue weighted by Gasteiger charge is -2.36. The Hall–Kier alpha value is -2.66. The molecule has 1 aliphatic carbocycles. The zero-order chi connectivity index (χ0) is 20.5. The molecule has 2 aliphatic heterocycles. The molecule has 0 spiro atoms. The second kappa shape index (κ2) is 8.23. The molecule has 2 aromatic carbocycles. The van der Waals surface area contributed by atoms with Crippen LogP contribution in [0.2, 0.25) is 0 Å². The van der Waals surface area contributed by atoms with E-state index in [4.69, 9.17) is 0 Å². The molecule has 5 rings (SSSR count). The molecule has 0 bridgehead atoms.